The van der Waals surface area contributed by atoms with Gasteiger partial charge in [0.05, 0.1) is 0 Å². The van der Waals surface area contributed by atoms with Crippen LogP contribution in [0.4, 0.5) is 0 Å². The van der Waals surface area contributed by atoms with Crippen LogP contribution in [0.1, 0.15) is 5.56 Å². The topological polar surface area (TPSA) is 0 Å². The molecule has 1 aromatic carbocycles. The molecule has 0 saturated carbocycles. The van der Waals surface area contributed by atoms with Gasteiger partial charge in [-0.25, -0.2) is 0 Å². The Hall–Kier alpha value is 0.133. The molecule has 0 radical (unpaired) electrons. The molecule has 0 unspecified atom stereocenters. The summed E-state index contributed by atoms with van der Waals surface area (Å²) in [7, 11) is 0. The third-order valence-electron chi connectivity index (χ3n) is 1.08. The number of hydrogen-bond donors (Lipinski definition) is 0. The summed E-state index contributed by atoms with van der Waals surface area (Å²) in [6, 6.07) is 8.61. The average Bonchev–Trinajstić information content (AvgIpc) is 1.64. The Kier molecular flexibility index (Phi) is 4.09. The van der Waals surface area contributed by atoms with E-state index in [2.05, 4.69) is 31.2 Å². The van der Waals surface area contributed by atoms with Crippen LogP contribution in [-0.4, -0.2) is 0 Å². The van der Waals surface area contributed by atoms with Gasteiger partial charge >= 0.3 is 59.2 Å². The maximum absolute atomic E-state index is 2.22. The second kappa shape index (κ2) is 4.03. The fourth-order valence-corrected chi connectivity index (χ4v) is 1.67. The number of rotatable bonds is 0. The van der Waals surface area contributed by atoms with Crippen LogP contribution in [0.25, 0.3) is 0 Å². The molecular weight excluding hydrogens is 185 g/mol. The summed E-state index contributed by atoms with van der Waals surface area (Å²) in [4.78, 5) is 0. The predicted octanol–water partition coefficient (Wildman–Crippen LogP) is -1.83. The van der Waals surface area contributed by atoms with E-state index < -0.39 is 0 Å². The van der Waals surface area contributed by atoms with Crippen LogP contribution in [-0.2, 0) is 18.3 Å². The van der Waals surface area contributed by atoms with E-state index in [-0.39, 0.29) is 12.4 Å². The third kappa shape index (κ3) is 2.98. The Morgan fingerprint density at radius 1 is 1.33 bits per heavy atom. The summed E-state index contributed by atoms with van der Waals surface area (Å²) in [5.74, 6) is 0. The summed E-state index contributed by atoms with van der Waals surface area (Å²) in [5, 5.41) is 0. The molecule has 0 aromatic heterocycles. The molecule has 0 atom stereocenters. The second-order valence-corrected chi connectivity index (χ2v) is 3.70. The van der Waals surface area contributed by atoms with Gasteiger partial charge in [-0.15, -0.1) is 0 Å². The van der Waals surface area contributed by atoms with Crippen LogP contribution < -0.4 is 16.6 Å². The first kappa shape index (κ1) is 9.13. The molecule has 0 N–H and O–H groups in total. The second-order valence-electron chi connectivity index (χ2n) is 1.99. The van der Waals surface area contributed by atoms with E-state index in [1.807, 2.05) is 0 Å². The van der Waals surface area contributed by atoms with Crippen molar-refractivity contribution < 1.29 is 30.7 Å². The Labute approximate surface area is 71.7 Å². The first-order valence-corrected chi connectivity index (χ1v) is 4.16. The van der Waals surface area contributed by atoms with E-state index in [4.69, 9.17) is 0 Å². The normalized spacial score (nSPS) is 8.33. The van der Waals surface area contributed by atoms with Crippen LogP contribution >= 0.6 is 0 Å². The minimum Gasteiger partial charge on any atom is -1.00 e. The zero-order valence-electron chi connectivity index (χ0n) is 5.39. The van der Waals surface area contributed by atoms with Crippen molar-refractivity contribution >= 4 is 4.16 Å². The SMILES string of the molecule is Cc1ccc[c]([Zn+])c1.[Cl-]. The molecule has 0 aliphatic carbocycles. The van der Waals surface area contributed by atoms with Crippen LogP contribution in [0.2, 0.25) is 0 Å². The van der Waals surface area contributed by atoms with Gasteiger partial charge in [0.1, 0.15) is 0 Å². The quantitative estimate of drug-likeness (QED) is 0.424. The minimum absolute atomic E-state index is 0. The molecule has 9 heavy (non-hydrogen) atoms. The predicted molar refractivity (Wildman–Crippen MR) is 30.8 cm³/mol. The van der Waals surface area contributed by atoms with E-state index in [0.29, 0.717) is 0 Å². The van der Waals surface area contributed by atoms with Crippen LogP contribution in [0.15, 0.2) is 24.3 Å². The first-order valence-electron chi connectivity index (χ1n) is 2.67. The molecule has 0 heterocycles. The molecule has 0 spiro atoms. The van der Waals surface area contributed by atoms with Gasteiger partial charge in [-0.2, -0.15) is 0 Å². The van der Waals surface area contributed by atoms with Crippen molar-refractivity contribution in [3.8, 4) is 0 Å². The number of aryl methyl sites for hydroxylation is 1. The summed E-state index contributed by atoms with van der Waals surface area (Å²) in [6.45, 7) is 2.12. The summed E-state index contributed by atoms with van der Waals surface area (Å²) in [5.41, 5.74) is 1.37. The minimum atomic E-state index is 0. The van der Waals surface area contributed by atoms with Crippen molar-refractivity contribution in [3.63, 3.8) is 0 Å². The van der Waals surface area contributed by atoms with Crippen molar-refractivity contribution in [1.29, 1.82) is 0 Å². The van der Waals surface area contributed by atoms with Gasteiger partial charge in [-0.1, -0.05) is 0 Å². The number of benzene rings is 1. The number of halogens is 1. The van der Waals surface area contributed by atoms with E-state index >= 15 is 0 Å². The van der Waals surface area contributed by atoms with Crippen molar-refractivity contribution in [2.24, 2.45) is 0 Å². The third-order valence-corrected chi connectivity index (χ3v) is 2.01. The monoisotopic (exact) mass is 190 g/mol. The molecule has 1 aromatic rings. The van der Waals surface area contributed by atoms with Crippen molar-refractivity contribution in [2.75, 3.05) is 0 Å². The van der Waals surface area contributed by atoms with Crippen LogP contribution in [0.3, 0.4) is 0 Å². The van der Waals surface area contributed by atoms with E-state index in [1.54, 1.807) is 0 Å². The molecule has 0 saturated heterocycles. The van der Waals surface area contributed by atoms with E-state index in [9.17, 15) is 0 Å². The molecule has 2 heteroatoms. The molecule has 0 aliphatic heterocycles. The van der Waals surface area contributed by atoms with Gasteiger partial charge in [-0.3, -0.25) is 0 Å². The summed E-state index contributed by atoms with van der Waals surface area (Å²) < 4.78 is 1.46. The van der Waals surface area contributed by atoms with Crippen molar-refractivity contribution in [1.82, 2.24) is 0 Å². The maximum atomic E-state index is 2.22. The molecule has 1 rings (SSSR count). The molecule has 0 nitrogen and oxygen atoms in total. The molecule has 0 bridgehead atoms. The van der Waals surface area contributed by atoms with Gasteiger partial charge in [0.2, 0.25) is 0 Å². The summed E-state index contributed by atoms with van der Waals surface area (Å²) >= 11 is 1.27. The Morgan fingerprint density at radius 3 is 2.33 bits per heavy atom. The molecule has 0 amide bonds. The van der Waals surface area contributed by atoms with E-state index in [0.717, 1.165) is 0 Å². The molecule has 44 valence electrons. The smallest absolute Gasteiger partial charge is 1.00 e. The Morgan fingerprint density at radius 2 is 2.00 bits per heavy atom. The maximum Gasteiger partial charge on any atom is -1.00 e. The number of hydrogen-bond acceptors (Lipinski definition) is 0. The summed E-state index contributed by atoms with van der Waals surface area (Å²) in [6.07, 6.45) is 0. The Balaban J connectivity index is 0.000000640. The fraction of sp³-hybridized carbons (Fsp3) is 0.143. The molecule has 0 fully saturated rings. The van der Waals surface area contributed by atoms with Crippen LogP contribution in [0, 0.1) is 6.92 Å². The fourth-order valence-electron chi connectivity index (χ4n) is 0.712. The molecule has 0 aliphatic rings. The zero-order chi connectivity index (χ0) is 5.98. The van der Waals surface area contributed by atoms with Gasteiger partial charge in [-0.05, 0) is 0 Å². The van der Waals surface area contributed by atoms with Gasteiger partial charge in [0.15, 0.2) is 0 Å². The largest absolute Gasteiger partial charge is 1.00 e. The van der Waals surface area contributed by atoms with Crippen LogP contribution in [0.5, 0.6) is 0 Å². The zero-order valence-corrected chi connectivity index (χ0v) is 9.12. The molecular formula is C7H7ClZn. The van der Waals surface area contributed by atoms with E-state index in [1.165, 1.54) is 28.0 Å². The Bertz CT molecular complexity index is 169. The van der Waals surface area contributed by atoms with Gasteiger partial charge in [0, 0.05) is 0 Å². The van der Waals surface area contributed by atoms with Crippen molar-refractivity contribution in [2.45, 2.75) is 6.92 Å². The average molecular weight is 192 g/mol. The first-order chi connectivity index (χ1) is 3.79. The van der Waals surface area contributed by atoms with Gasteiger partial charge in [0.25, 0.3) is 0 Å². The van der Waals surface area contributed by atoms with Crippen molar-refractivity contribution in [3.05, 3.63) is 29.8 Å². The van der Waals surface area contributed by atoms with Gasteiger partial charge < -0.3 is 12.4 Å². The standard InChI is InChI=1S/C7H7.ClH.Zn/c1-7-5-3-2-4-6-7;;/h2-3,5-6H,1H3;1H;/q;;+1/p-1.